The average Bonchev–Trinajstić information content (AvgIpc) is 1.77. The smallest absolute Gasteiger partial charge is 0.304 e. The second-order valence-electron chi connectivity index (χ2n) is 3.39. The van der Waals surface area contributed by atoms with Gasteiger partial charge in [0.1, 0.15) is 0 Å². The van der Waals surface area contributed by atoms with Gasteiger partial charge in [-0.2, -0.15) is 0 Å². The summed E-state index contributed by atoms with van der Waals surface area (Å²) >= 11 is 0. The molecule has 64 valence electrons. The first-order valence-corrected chi connectivity index (χ1v) is 4.16. The van der Waals surface area contributed by atoms with E-state index in [-0.39, 0.29) is 12.5 Å². The highest BCUT2D eigenvalue weighted by molar-refractivity contribution is 5.67. The SMILES string of the molecule is NC(CC(=O)O)CC1CCC1. The van der Waals surface area contributed by atoms with Crippen LogP contribution in [0, 0.1) is 5.92 Å². The summed E-state index contributed by atoms with van der Waals surface area (Å²) in [6.45, 7) is 0. The Labute approximate surface area is 66.6 Å². The Morgan fingerprint density at radius 1 is 1.64 bits per heavy atom. The van der Waals surface area contributed by atoms with E-state index in [1.54, 1.807) is 0 Å². The van der Waals surface area contributed by atoms with Gasteiger partial charge < -0.3 is 10.8 Å². The van der Waals surface area contributed by atoms with Crippen molar-refractivity contribution in [3.8, 4) is 0 Å². The fourth-order valence-corrected chi connectivity index (χ4v) is 1.46. The van der Waals surface area contributed by atoms with Crippen molar-refractivity contribution >= 4 is 5.97 Å². The number of aliphatic carboxylic acids is 1. The minimum absolute atomic E-state index is 0.122. The van der Waals surface area contributed by atoms with Gasteiger partial charge in [0.15, 0.2) is 0 Å². The maximum Gasteiger partial charge on any atom is 0.304 e. The summed E-state index contributed by atoms with van der Waals surface area (Å²) in [7, 11) is 0. The van der Waals surface area contributed by atoms with Gasteiger partial charge in [0.05, 0.1) is 6.42 Å². The molecule has 11 heavy (non-hydrogen) atoms. The minimum Gasteiger partial charge on any atom is -0.481 e. The molecule has 3 heteroatoms. The number of carboxylic acids is 1. The van der Waals surface area contributed by atoms with E-state index in [4.69, 9.17) is 10.8 Å². The van der Waals surface area contributed by atoms with Crippen LogP contribution in [-0.2, 0) is 4.79 Å². The molecule has 1 unspecified atom stereocenters. The van der Waals surface area contributed by atoms with Crippen molar-refractivity contribution in [2.45, 2.75) is 38.1 Å². The standard InChI is InChI=1S/C8H15NO2/c9-7(5-8(10)11)4-6-2-1-3-6/h6-7H,1-5,9H2,(H,10,11). The van der Waals surface area contributed by atoms with Crippen LogP contribution >= 0.6 is 0 Å². The van der Waals surface area contributed by atoms with Crippen molar-refractivity contribution in [2.75, 3.05) is 0 Å². The maximum atomic E-state index is 10.2. The Morgan fingerprint density at radius 3 is 2.64 bits per heavy atom. The molecule has 0 saturated heterocycles. The zero-order chi connectivity index (χ0) is 8.27. The minimum atomic E-state index is -0.781. The van der Waals surface area contributed by atoms with Crippen LogP contribution in [0.2, 0.25) is 0 Å². The molecule has 0 aliphatic heterocycles. The van der Waals surface area contributed by atoms with Crippen LogP contribution in [0.5, 0.6) is 0 Å². The number of nitrogens with two attached hydrogens (primary N) is 1. The van der Waals surface area contributed by atoms with E-state index >= 15 is 0 Å². The Hall–Kier alpha value is -0.570. The topological polar surface area (TPSA) is 63.3 Å². The lowest BCUT2D eigenvalue weighted by molar-refractivity contribution is -0.137. The molecule has 0 aromatic rings. The second-order valence-corrected chi connectivity index (χ2v) is 3.39. The van der Waals surface area contributed by atoms with E-state index in [0.717, 1.165) is 6.42 Å². The second kappa shape index (κ2) is 3.72. The van der Waals surface area contributed by atoms with E-state index in [1.165, 1.54) is 19.3 Å². The van der Waals surface area contributed by atoms with Crippen molar-refractivity contribution in [1.29, 1.82) is 0 Å². The Kier molecular flexibility index (Phi) is 2.88. The molecule has 3 nitrogen and oxygen atoms in total. The van der Waals surface area contributed by atoms with Crippen LogP contribution in [0.25, 0.3) is 0 Å². The summed E-state index contributed by atoms with van der Waals surface area (Å²) in [5.41, 5.74) is 5.60. The maximum absolute atomic E-state index is 10.2. The molecule has 1 aliphatic carbocycles. The third-order valence-corrected chi connectivity index (χ3v) is 2.30. The summed E-state index contributed by atoms with van der Waals surface area (Å²) in [6.07, 6.45) is 4.80. The normalized spacial score (nSPS) is 20.8. The van der Waals surface area contributed by atoms with Crippen LogP contribution in [0.1, 0.15) is 32.1 Å². The summed E-state index contributed by atoms with van der Waals surface area (Å²) in [6, 6.07) is -0.127. The quantitative estimate of drug-likeness (QED) is 0.639. The van der Waals surface area contributed by atoms with Crippen LogP contribution in [-0.4, -0.2) is 17.1 Å². The van der Waals surface area contributed by atoms with Crippen molar-refractivity contribution in [3.63, 3.8) is 0 Å². The first kappa shape index (κ1) is 8.53. The summed E-state index contributed by atoms with van der Waals surface area (Å²) < 4.78 is 0. The van der Waals surface area contributed by atoms with Crippen LogP contribution < -0.4 is 5.73 Å². The zero-order valence-corrected chi connectivity index (χ0v) is 6.62. The number of rotatable bonds is 4. The fraction of sp³-hybridized carbons (Fsp3) is 0.875. The summed E-state index contributed by atoms with van der Waals surface area (Å²) in [4.78, 5) is 10.2. The van der Waals surface area contributed by atoms with E-state index < -0.39 is 5.97 Å². The van der Waals surface area contributed by atoms with Crippen LogP contribution in [0.15, 0.2) is 0 Å². The predicted molar refractivity (Wildman–Crippen MR) is 42.2 cm³/mol. The molecule has 0 radical (unpaired) electrons. The van der Waals surface area contributed by atoms with Crippen molar-refractivity contribution in [1.82, 2.24) is 0 Å². The third kappa shape index (κ3) is 2.89. The lowest BCUT2D eigenvalue weighted by atomic mass is 9.80. The molecule has 3 N–H and O–H groups in total. The van der Waals surface area contributed by atoms with Crippen molar-refractivity contribution < 1.29 is 9.90 Å². The number of carboxylic acid groups (broad SMARTS) is 1. The highest BCUT2D eigenvalue weighted by atomic mass is 16.4. The molecule has 1 atom stereocenters. The van der Waals surface area contributed by atoms with Gasteiger partial charge in [-0.25, -0.2) is 0 Å². The Morgan fingerprint density at radius 2 is 2.27 bits per heavy atom. The molecule has 1 aliphatic rings. The van der Waals surface area contributed by atoms with Gasteiger partial charge >= 0.3 is 5.97 Å². The van der Waals surface area contributed by atoms with Crippen LogP contribution in [0.3, 0.4) is 0 Å². The van der Waals surface area contributed by atoms with Gasteiger partial charge in [0, 0.05) is 6.04 Å². The monoisotopic (exact) mass is 157 g/mol. The molecular weight excluding hydrogens is 142 g/mol. The molecule has 1 saturated carbocycles. The number of hydrogen-bond acceptors (Lipinski definition) is 2. The van der Waals surface area contributed by atoms with E-state index in [1.807, 2.05) is 0 Å². The molecule has 0 heterocycles. The largest absolute Gasteiger partial charge is 0.481 e. The summed E-state index contributed by atoms with van der Waals surface area (Å²) in [5, 5.41) is 8.41. The lowest BCUT2D eigenvalue weighted by Gasteiger charge is -2.27. The predicted octanol–water partition coefficient (Wildman–Crippen LogP) is 0.979. The van der Waals surface area contributed by atoms with Gasteiger partial charge in [-0.15, -0.1) is 0 Å². The van der Waals surface area contributed by atoms with Gasteiger partial charge in [-0.3, -0.25) is 4.79 Å². The van der Waals surface area contributed by atoms with Gasteiger partial charge in [-0.05, 0) is 12.3 Å². The lowest BCUT2D eigenvalue weighted by Crippen LogP contribution is -2.28. The van der Waals surface area contributed by atoms with Gasteiger partial charge in [-0.1, -0.05) is 19.3 Å². The molecule has 0 amide bonds. The van der Waals surface area contributed by atoms with Crippen LogP contribution in [0.4, 0.5) is 0 Å². The molecular formula is C8H15NO2. The fourth-order valence-electron chi connectivity index (χ4n) is 1.46. The molecule has 0 aromatic carbocycles. The zero-order valence-electron chi connectivity index (χ0n) is 6.62. The Bertz CT molecular complexity index is 143. The van der Waals surface area contributed by atoms with Crippen molar-refractivity contribution in [3.05, 3.63) is 0 Å². The van der Waals surface area contributed by atoms with E-state index in [9.17, 15) is 4.79 Å². The first-order valence-electron chi connectivity index (χ1n) is 4.16. The van der Waals surface area contributed by atoms with Gasteiger partial charge in [0.2, 0.25) is 0 Å². The highest BCUT2D eigenvalue weighted by Crippen LogP contribution is 2.30. The Balaban J connectivity index is 2.09. The number of carbonyl (C=O) groups is 1. The number of hydrogen-bond donors (Lipinski definition) is 2. The first-order chi connectivity index (χ1) is 5.18. The molecule has 0 aromatic heterocycles. The highest BCUT2D eigenvalue weighted by Gasteiger charge is 2.21. The molecule has 0 bridgehead atoms. The summed E-state index contributed by atoms with van der Waals surface area (Å²) in [5.74, 6) is -0.0684. The average molecular weight is 157 g/mol. The molecule has 0 spiro atoms. The van der Waals surface area contributed by atoms with E-state index in [0.29, 0.717) is 5.92 Å². The van der Waals surface area contributed by atoms with Crippen molar-refractivity contribution in [2.24, 2.45) is 11.7 Å². The third-order valence-electron chi connectivity index (χ3n) is 2.30. The molecule has 1 fully saturated rings. The molecule has 1 rings (SSSR count). The van der Waals surface area contributed by atoms with E-state index in [2.05, 4.69) is 0 Å². The van der Waals surface area contributed by atoms with Gasteiger partial charge in [0.25, 0.3) is 0 Å².